The summed E-state index contributed by atoms with van der Waals surface area (Å²) in [5, 5.41) is 2.90. The standard InChI is InChI=1S/C14H22F3N3O2/c1-18-10(8-13(20-19-2)14(15,16)17)9-5-6-11(21-3)12(7-9)22-4/h5-7,10,13,18-20H,8H2,1-4H3/t10-,13+/m0/s1. The summed E-state index contributed by atoms with van der Waals surface area (Å²) < 4.78 is 49.3. The summed E-state index contributed by atoms with van der Waals surface area (Å²) in [6.07, 6.45) is -4.52. The van der Waals surface area contributed by atoms with E-state index < -0.39 is 18.3 Å². The largest absolute Gasteiger partial charge is 0.493 e. The van der Waals surface area contributed by atoms with Crippen molar-refractivity contribution in [3.63, 3.8) is 0 Å². The molecule has 0 saturated heterocycles. The van der Waals surface area contributed by atoms with Crippen LogP contribution in [0.15, 0.2) is 18.2 Å². The second kappa shape index (κ2) is 8.21. The van der Waals surface area contributed by atoms with Crippen LogP contribution in [0, 0.1) is 0 Å². The highest BCUT2D eigenvalue weighted by atomic mass is 19.4. The third kappa shape index (κ3) is 4.75. The second-order valence-electron chi connectivity index (χ2n) is 4.68. The first-order valence-electron chi connectivity index (χ1n) is 6.75. The Labute approximate surface area is 128 Å². The Balaban J connectivity index is 3.00. The maximum atomic E-state index is 13.0. The van der Waals surface area contributed by atoms with Crippen LogP contribution in [0.3, 0.4) is 0 Å². The molecule has 22 heavy (non-hydrogen) atoms. The highest BCUT2D eigenvalue weighted by molar-refractivity contribution is 5.43. The third-order valence-corrected chi connectivity index (χ3v) is 3.34. The van der Waals surface area contributed by atoms with Gasteiger partial charge >= 0.3 is 6.18 Å². The Bertz CT molecular complexity index is 469. The van der Waals surface area contributed by atoms with Gasteiger partial charge < -0.3 is 14.8 Å². The summed E-state index contributed by atoms with van der Waals surface area (Å²) in [7, 11) is 6.01. The quantitative estimate of drug-likeness (QED) is 0.640. The fourth-order valence-electron chi connectivity index (χ4n) is 2.17. The third-order valence-electron chi connectivity index (χ3n) is 3.34. The van der Waals surface area contributed by atoms with Crippen LogP contribution < -0.4 is 25.6 Å². The summed E-state index contributed by atoms with van der Waals surface area (Å²) in [4.78, 5) is 0. The predicted octanol–water partition coefficient (Wildman–Crippen LogP) is 2.01. The van der Waals surface area contributed by atoms with Gasteiger partial charge in [0.15, 0.2) is 11.5 Å². The van der Waals surface area contributed by atoms with E-state index >= 15 is 0 Å². The lowest BCUT2D eigenvalue weighted by Crippen LogP contribution is -2.49. The van der Waals surface area contributed by atoms with Crippen LogP contribution in [0.1, 0.15) is 18.0 Å². The molecule has 8 heteroatoms. The van der Waals surface area contributed by atoms with Crippen LogP contribution >= 0.6 is 0 Å². The molecule has 0 unspecified atom stereocenters. The number of halogens is 3. The number of benzene rings is 1. The molecule has 0 aromatic heterocycles. The van der Waals surface area contributed by atoms with Gasteiger partial charge in [-0.2, -0.15) is 13.2 Å². The molecule has 1 rings (SSSR count). The van der Waals surface area contributed by atoms with Gasteiger partial charge in [0.2, 0.25) is 0 Å². The van der Waals surface area contributed by atoms with E-state index in [4.69, 9.17) is 9.47 Å². The average molecular weight is 321 g/mol. The summed E-state index contributed by atoms with van der Waals surface area (Å²) in [5.41, 5.74) is 5.28. The molecular weight excluding hydrogens is 299 g/mol. The minimum Gasteiger partial charge on any atom is -0.493 e. The van der Waals surface area contributed by atoms with Crippen LogP contribution in [0.25, 0.3) is 0 Å². The smallest absolute Gasteiger partial charge is 0.405 e. The summed E-state index contributed by atoms with van der Waals surface area (Å²) in [6, 6.07) is 2.89. The number of hydrogen-bond acceptors (Lipinski definition) is 5. The van der Waals surface area contributed by atoms with Crippen molar-refractivity contribution < 1.29 is 22.6 Å². The Hall–Kier alpha value is -1.51. The first-order chi connectivity index (χ1) is 10.4. The minimum atomic E-state index is -4.35. The van der Waals surface area contributed by atoms with E-state index in [9.17, 15) is 13.2 Å². The number of hydrazine groups is 1. The van der Waals surface area contributed by atoms with Crippen molar-refractivity contribution in [2.24, 2.45) is 0 Å². The lowest BCUT2D eigenvalue weighted by molar-refractivity contribution is -0.161. The minimum absolute atomic E-state index is 0.170. The van der Waals surface area contributed by atoms with E-state index in [1.54, 1.807) is 25.2 Å². The van der Waals surface area contributed by atoms with Gasteiger partial charge in [-0.3, -0.25) is 5.43 Å². The maximum absolute atomic E-state index is 13.0. The fourth-order valence-corrected chi connectivity index (χ4v) is 2.17. The number of rotatable bonds is 8. The normalized spacial score (nSPS) is 14.5. The fraction of sp³-hybridized carbons (Fsp3) is 0.571. The highest BCUT2D eigenvalue weighted by Crippen LogP contribution is 2.33. The van der Waals surface area contributed by atoms with Crippen molar-refractivity contribution >= 4 is 0 Å². The van der Waals surface area contributed by atoms with Crippen molar-refractivity contribution in [2.45, 2.75) is 24.7 Å². The number of alkyl halides is 3. The highest BCUT2D eigenvalue weighted by Gasteiger charge is 2.40. The number of nitrogens with one attached hydrogen (secondary N) is 3. The molecule has 1 aromatic rings. The lowest BCUT2D eigenvalue weighted by Gasteiger charge is -2.26. The van der Waals surface area contributed by atoms with Gasteiger partial charge in [-0.05, 0) is 38.2 Å². The molecule has 0 radical (unpaired) electrons. The second-order valence-corrected chi connectivity index (χ2v) is 4.68. The summed E-state index contributed by atoms with van der Waals surface area (Å²) in [5.74, 6) is 1.01. The lowest BCUT2D eigenvalue weighted by atomic mass is 9.99. The zero-order valence-corrected chi connectivity index (χ0v) is 13.0. The van der Waals surface area contributed by atoms with Crippen LogP contribution in [-0.2, 0) is 0 Å². The topological polar surface area (TPSA) is 54.5 Å². The van der Waals surface area contributed by atoms with E-state index in [-0.39, 0.29) is 6.42 Å². The molecule has 0 saturated carbocycles. The molecule has 5 nitrogen and oxygen atoms in total. The van der Waals surface area contributed by atoms with Crippen molar-refractivity contribution in [3.8, 4) is 11.5 Å². The SMILES string of the molecule is CNN[C@H](C[C@H](NC)c1ccc(OC)c(OC)c1)C(F)(F)F. The Morgan fingerprint density at radius 3 is 2.18 bits per heavy atom. The van der Waals surface area contributed by atoms with Gasteiger partial charge in [0, 0.05) is 6.04 Å². The van der Waals surface area contributed by atoms with Gasteiger partial charge in [0.25, 0.3) is 0 Å². The van der Waals surface area contributed by atoms with Crippen molar-refractivity contribution in [3.05, 3.63) is 23.8 Å². The summed E-state index contributed by atoms with van der Waals surface area (Å²) >= 11 is 0. The number of methoxy groups -OCH3 is 2. The Morgan fingerprint density at radius 2 is 1.73 bits per heavy atom. The molecule has 0 aliphatic carbocycles. The predicted molar refractivity (Wildman–Crippen MR) is 78.0 cm³/mol. The molecule has 3 N–H and O–H groups in total. The summed E-state index contributed by atoms with van der Waals surface area (Å²) in [6.45, 7) is 0. The van der Waals surface area contributed by atoms with E-state index in [1.807, 2.05) is 0 Å². The van der Waals surface area contributed by atoms with Crippen LogP contribution in [0.5, 0.6) is 11.5 Å². The van der Waals surface area contributed by atoms with E-state index in [0.29, 0.717) is 17.1 Å². The Kier molecular flexibility index (Phi) is 6.92. The van der Waals surface area contributed by atoms with Gasteiger partial charge in [0.05, 0.1) is 14.2 Å². The van der Waals surface area contributed by atoms with Crippen LogP contribution in [0.4, 0.5) is 13.2 Å². The van der Waals surface area contributed by atoms with Gasteiger partial charge in [-0.1, -0.05) is 6.07 Å². The van der Waals surface area contributed by atoms with Crippen molar-refractivity contribution in [1.29, 1.82) is 0 Å². The molecule has 0 amide bonds. The van der Waals surface area contributed by atoms with Gasteiger partial charge in [-0.15, -0.1) is 0 Å². The van der Waals surface area contributed by atoms with Gasteiger partial charge in [0.1, 0.15) is 6.04 Å². The van der Waals surface area contributed by atoms with Crippen LogP contribution in [-0.4, -0.2) is 40.5 Å². The first kappa shape index (κ1) is 18.5. The van der Waals surface area contributed by atoms with E-state index in [1.165, 1.54) is 21.3 Å². The molecule has 2 atom stereocenters. The molecule has 1 aromatic carbocycles. The molecule has 0 fully saturated rings. The van der Waals surface area contributed by atoms with Gasteiger partial charge in [-0.25, -0.2) is 5.43 Å². The number of hydrogen-bond donors (Lipinski definition) is 3. The molecule has 0 spiro atoms. The average Bonchev–Trinajstić information content (AvgIpc) is 2.49. The molecule has 0 heterocycles. The zero-order valence-electron chi connectivity index (χ0n) is 13.0. The first-order valence-corrected chi connectivity index (χ1v) is 6.75. The van der Waals surface area contributed by atoms with Crippen LogP contribution in [0.2, 0.25) is 0 Å². The Morgan fingerprint density at radius 1 is 1.09 bits per heavy atom. The van der Waals surface area contributed by atoms with Crippen molar-refractivity contribution in [2.75, 3.05) is 28.3 Å². The maximum Gasteiger partial charge on any atom is 0.405 e. The molecule has 0 aliphatic heterocycles. The van der Waals surface area contributed by atoms with E-state index in [2.05, 4.69) is 16.2 Å². The van der Waals surface area contributed by atoms with Crippen molar-refractivity contribution in [1.82, 2.24) is 16.2 Å². The van der Waals surface area contributed by atoms with E-state index in [0.717, 1.165) is 0 Å². The zero-order chi connectivity index (χ0) is 16.8. The number of ether oxygens (including phenoxy) is 2. The monoisotopic (exact) mass is 321 g/mol. The molecule has 126 valence electrons. The molecular formula is C14H22F3N3O2. The molecule has 0 aliphatic rings. The molecule has 0 bridgehead atoms.